The molecule has 4 aromatic rings. The fourth-order valence-electron chi connectivity index (χ4n) is 4.12. The Morgan fingerprint density at radius 1 is 1.09 bits per heavy atom. The van der Waals surface area contributed by atoms with Gasteiger partial charge in [-0.3, -0.25) is 4.90 Å². The fourth-order valence-corrected chi connectivity index (χ4v) is 5.33. The van der Waals surface area contributed by atoms with Crippen LogP contribution in [0.1, 0.15) is 29.5 Å². The number of rotatable bonds is 3. The van der Waals surface area contributed by atoms with Crippen LogP contribution in [0.15, 0.2) is 66.9 Å². The van der Waals surface area contributed by atoms with Gasteiger partial charge in [0, 0.05) is 51.6 Å². The predicted octanol–water partition coefficient (Wildman–Crippen LogP) is 5.33. The Morgan fingerprint density at radius 2 is 1.88 bits per heavy atom. The van der Waals surface area contributed by atoms with E-state index in [1.165, 1.54) is 15.0 Å². The second-order valence-electron chi connectivity index (χ2n) is 9.01. The highest BCUT2D eigenvalue weighted by atomic mass is 35.5. The number of fused-ring (bicyclic) bond motifs is 1. The molecule has 2 atom stereocenters. The van der Waals surface area contributed by atoms with E-state index < -0.39 is 11.7 Å². The molecule has 2 aromatic heterocycles. The van der Waals surface area contributed by atoms with E-state index in [4.69, 9.17) is 11.6 Å². The molecule has 3 heterocycles. The Bertz CT molecular complexity index is 1370. The Kier molecular flexibility index (Phi) is 6.44. The number of piperidine rings is 1. The van der Waals surface area contributed by atoms with Gasteiger partial charge in [0.2, 0.25) is 0 Å². The van der Waals surface area contributed by atoms with E-state index in [2.05, 4.69) is 39.9 Å². The SMILES string of the molecule is C[C@]1(O)CCN(Cc2cc3cc(C#Cc4ccc(-c5ccc(Cl)cc5)cn4)ccc3s2)C[C@H]1O. The lowest BCUT2D eigenvalue weighted by molar-refractivity contribution is -0.108. The van der Waals surface area contributed by atoms with Crippen LogP contribution in [-0.2, 0) is 6.54 Å². The first-order valence-electron chi connectivity index (χ1n) is 11.2. The summed E-state index contributed by atoms with van der Waals surface area (Å²) < 4.78 is 1.22. The molecule has 1 saturated heterocycles. The molecule has 0 bridgehead atoms. The molecule has 172 valence electrons. The largest absolute Gasteiger partial charge is 0.389 e. The minimum Gasteiger partial charge on any atom is -0.389 e. The van der Waals surface area contributed by atoms with Gasteiger partial charge in [-0.05, 0) is 72.7 Å². The molecule has 0 amide bonds. The molecule has 1 aliphatic rings. The standard InChI is InChI=1S/C28H25ClN2O2S/c1-28(33)12-13-31(18-27(28)32)17-25-15-22-14-19(3-11-26(22)34-25)2-9-24-10-6-21(16-30-24)20-4-7-23(29)8-5-20/h3-8,10-11,14-16,27,32-33H,12-13,17-18H2,1H3/t27-,28+/m1/s1. The number of aliphatic hydroxyl groups excluding tert-OH is 1. The minimum absolute atomic E-state index is 0.488. The van der Waals surface area contributed by atoms with Crippen molar-refractivity contribution in [3.63, 3.8) is 0 Å². The van der Waals surface area contributed by atoms with Crippen LogP contribution in [0, 0.1) is 11.8 Å². The van der Waals surface area contributed by atoms with E-state index in [-0.39, 0.29) is 0 Å². The number of hydrogen-bond acceptors (Lipinski definition) is 5. The van der Waals surface area contributed by atoms with Crippen LogP contribution in [-0.4, -0.2) is 44.9 Å². The van der Waals surface area contributed by atoms with Crippen molar-refractivity contribution in [2.75, 3.05) is 13.1 Å². The van der Waals surface area contributed by atoms with E-state index >= 15 is 0 Å². The molecule has 4 nitrogen and oxygen atoms in total. The third-order valence-electron chi connectivity index (χ3n) is 6.31. The van der Waals surface area contributed by atoms with Crippen LogP contribution < -0.4 is 0 Å². The molecule has 0 spiro atoms. The summed E-state index contributed by atoms with van der Waals surface area (Å²) in [7, 11) is 0. The van der Waals surface area contributed by atoms with Gasteiger partial charge in [0.15, 0.2) is 0 Å². The van der Waals surface area contributed by atoms with Crippen LogP contribution in [0.25, 0.3) is 21.2 Å². The normalized spacial score (nSPS) is 20.8. The third-order valence-corrected chi connectivity index (χ3v) is 7.66. The third kappa shape index (κ3) is 5.17. The summed E-state index contributed by atoms with van der Waals surface area (Å²) in [5.74, 6) is 6.39. The van der Waals surface area contributed by atoms with Gasteiger partial charge in [-0.1, -0.05) is 35.7 Å². The summed E-state index contributed by atoms with van der Waals surface area (Å²) in [6.45, 7) is 3.75. The lowest BCUT2D eigenvalue weighted by Gasteiger charge is -2.39. The summed E-state index contributed by atoms with van der Waals surface area (Å²) >= 11 is 7.73. The maximum atomic E-state index is 10.2. The summed E-state index contributed by atoms with van der Waals surface area (Å²) in [6.07, 6.45) is 1.69. The molecule has 1 fully saturated rings. The summed E-state index contributed by atoms with van der Waals surface area (Å²) in [4.78, 5) is 7.94. The fraction of sp³-hybridized carbons (Fsp3) is 0.250. The minimum atomic E-state index is -0.991. The molecule has 0 saturated carbocycles. The van der Waals surface area contributed by atoms with Gasteiger partial charge in [-0.2, -0.15) is 0 Å². The number of thiophene rings is 1. The van der Waals surface area contributed by atoms with E-state index in [1.54, 1.807) is 18.3 Å². The van der Waals surface area contributed by atoms with E-state index in [9.17, 15) is 10.2 Å². The van der Waals surface area contributed by atoms with Crippen molar-refractivity contribution in [2.45, 2.75) is 31.6 Å². The topological polar surface area (TPSA) is 56.6 Å². The molecule has 0 radical (unpaired) electrons. The lowest BCUT2D eigenvalue weighted by atomic mass is 9.91. The number of aromatic nitrogens is 1. The van der Waals surface area contributed by atoms with Crippen molar-refractivity contribution in [3.8, 4) is 23.0 Å². The number of hydrogen-bond donors (Lipinski definition) is 2. The van der Waals surface area contributed by atoms with Crippen LogP contribution in [0.4, 0.5) is 0 Å². The number of β-amino-alcohol motifs (C(OH)–C–C–N with tert-alkyl or cyclic N) is 1. The number of nitrogens with zero attached hydrogens (tertiary/aromatic N) is 2. The molecular formula is C28H25ClN2O2S. The molecule has 6 heteroatoms. The van der Waals surface area contributed by atoms with Crippen molar-refractivity contribution in [1.29, 1.82) is 0 Å². The molecular weight excluding hydrogens is 464 g/mol. The maximum Gasteiger partial charge on any atom is 0.113 e. The second-order valence-corrected chi connectivity index (χ2v) is 10.6. The second kappa shape index (κ2) is 9.50. The number of likely N-dealkylation sites (tertiary alicyclic amines) is 1. The van der Waals surface area contributed by atoms with E-state index in [0.29, 0.717) is 18.0 Å². The molecule has 0 unspecified atom stereocenters. The van der Waals surface area contributed by atoms with Crippen LogP contribution in [0.5, 0.6) is 0 Å². The van der Waals surface area contributed by atoms with Crippen LogP contribution in [0.3, 0.4) is 0 Å². The van der Waals surface area contributed by atoms with Crippen molar-refractivity contribution < 1.29 is 10.2 Å². The monoisotopic (exact) mass is 488 g/mol. The Balaban J connectivity index is 1.28. The zero-order chi connectivity index (χ0) is 23.7. The number of aliphatic hydroxyl groups is 2. The quantitative estimate of drug-likeness (QED) is 0.382. The lowest BCUT2D eigenvalue weighted by Crippen LogP contribution is -2.53. The Morgan fingerprint density at radius 3 is 2.62 bits per heavy atom. The van der Waals surface area contributed by atoms with Crippen molar-refractivity contribution in [3.05, 3.63) is 88.0 Å². The molecule has 1 aliphatic heterocycles. The molecule has 0 aliphatic carbocycles. The first-order valence-corrected chi connectivity index (χ1v) is 12.4. The average molecular weight is 489 g/mol. The van der Waals surface area contributed by atoms with Gasteiger partial charge in [-0.25, -0.2) is 4.98 Å². The zero-order valence-electron chi connectivity index (χ0n) is 18.8. The first kappa shape index (κ1) is 23.0. The summed E-state index contributed by atoms with van der Waals surface area (Å²) in [5, 5.41) is 22.3. The smallest absolute Gasteiger partial charge is 0.113 e. The van der Waals surface area contributed by atoms with Gasteiger partial charge in [-0.15, -0.1) is 11.3 Å². The average Bonchev–Trinajstić information content (AvgIpc) is 3.23. The molecule has 34 heavy (non-hydrogen) atoms. The van der Waals surface area contributed by atoms with Gasteiger partial charge in [0.25, 0.3) is 0 Å². The van der Waals surface area contributed by atoms with E-state index in [0.717, 1.165) is 35.5 Å². The first-order chi connectivity index (χ1) is 16.4. The van der Waals surface area contributed by atoms with Crippen LogP contribution >= 0.6 is 22.9 Å². The van der Waals surface area contributed by atoms with Gasteiger partial charge in [0.1, 0.15) is 5.69 Å². The maximum absolute atomic E-state index is 10.2. The zero-order valence-corrected chi connectivity index (χ0v) is 20.4. The van der Waals surface area contributed by atoms with Gasteiger partial charge >= 0.3 is 0 Å². The van der Waals surface area contributed by atoms with Crippen molar-refractivity contribution in [2.24, 2.45) is 0 Å². The predicted molar refractivity (Wildman–Crippen MR) is 139 cm³/mol. The number of benzene rings is 2. The number of pyridine rings is 1. The molecule has 2 N–H and O–H groups in total. The highest BCUT2D eigenvalue weighted by molar-refractivity contribution is 7.19. The van der Waals surface area contributed by atoms with Crippen LogP contribution in [0.2, 0.25) is 5.02 Å². The summed E-state index contributed by atoms with van der Waals surface area (Å²) in [6, 6.07) is 20.1. The Labute approximate surface area is 208 Å². The van der Waals surface area contributed by atoms with Crippen molar-refractivity contribution >= 4 is 33.0 Å². The van der Waals surface area contributed by atoms with Gasteiger partial charge in [0.05, 0.1) is 11.7 Å². The molecule has 2 aromatic carbocycles. The number of halogens is 1. The van der Waals surface area contributed by atoms with Crippen molar-refractivity contribution in [1.82, 2.24) is 9.88 Å². The Hall–Kier alpha value is -2.72. The molecule has 5 rings (SSSR count). The highest BCUT2D eigenvalue weighted by Gasteiger charge is 2.36. The summed E-state index contributed by atoms with van der Waals surface area (Å²) in [5.41, 5.74) is 2.78. The van der Waals surface area contributed by atoms with E-state index in [1.807, 2.05) is 48.7 Å². The van der Waals surface area contributed by atoms with Gasteiger partial charge < -0.3 is 10.2 Å². The highest BCUT2D eigenvalue weighted by Crippen LogP contribution is 2.29.